The number of phenolic OH excluding ortho intramolecular Hbond substituents is 1. The van der Waals surface area contributed by atoms with E-state index in [2.05, 4.69) is 33.1 Å². The fourth-order valence-corrected chi connectivity index (χ4v) is 5.15. The van der Waals surface area contributed by atoms with Gasteiger partial charge in [-0.1, -0.05) is 60.7 Å². The van der Waals surface area contributed by atoms with Crippen LogP contribution in [0.3, 0.4) is 0 Å². The van der Waals surface area contributed by atoms with Crippen molar-refractivity contribution >= 4 is 23.6 Å². The second-order valence-corrected chi connectivity index (χ2v) is 10.5. The molecule has 1 heterocycles. The number of nitrogens with two attached hydrogens (primary N) is 1. The average Bonchev–Trinajstić information content (AvgIpc) is 3.02. The number of urea groups is 1. The lowest BCUT2D eigenvalue weighted by molar-refractivity contribution is -0.155. The summed E-state index contributed by atoms with van der Waals surface area (Å²) < 4.78 is 0. The molecule has 1 fully saturated rings. The average molecular weight is 601 g/mol. The number of nitrogens with one attached hydrogen (secondary N) is 4. The van der Waals surface area contributed by atoms with Crippen LogP contribution in [0.25, 0.3) is 0 Å². The molecule has 1 aliphatic carbocycles. The normalized spacial score (nSPS) is 20.7. The zero-order valence-electron chi connectivity index (χ0n) is 24.8. The van der Waals surface area contributed by atoms with Crippen LogP contribution in [0.5, 0.6) is 5.75 Å². The van der Waals surface area contributed by atoms with Crippen molar-refractivity contribution in [1.29, 1.82) is 0 Å². The van der Waals surface area contributed by atoms with Crippen molar-refractivity contribution in [3.8, 4) is 5.75 Å². The number of carbonyl (C=O) groups is 3. The number of hydrazone groups is 1. The Hall–Kier alpha value is -4.94. The number of carbonyl (C=O) groups excluding carboxylic acids is 3. The van der Waals surface area contributed by atoms with Gasteiger partial charge in [0.1, 0.15) is 18.0 Å². The van der Waals surface area contributed by atoms with Crippen molar-refractivity contribution in [3.05, 3.63) is 102 Å². The van der Waals surface area contributed by atoms with Crippen LogP contribution < -0.4 is 27.1 Å². The van der Waals surface area contributed by atoms with E-state index in [0.29, 0.717) is 18.8 Å². The fourth-order valence-electron chi connectivity index (χ4n) is 5.15. The summed E-state index contributed by atoms with van der Waals surface area (Å²) in [5, 5.41) is 22.8. The third kappa shape index (κ3) is 8.55. The summed E-state index contributed by atoms with van der Waals surface area (Å²) in [7, 11) is 1.68. The van der Waals surface area contributed by atoms with Gasteiger partial charge in [-0.05, 0) is 34.9 Å². The van der Waals surface area contributed by atoms with E-state index in [1.165, 1.54) is 17.0 Å². The molecule has 0 spiro atoms. The third-order valence-corrected chi connectivity index (χ3v) is 7.28. The van der Waals surface area contributed by atoms with Gasteiger partial charge in [0.25, 0.3) is 0 Å². The minimum Gasteiger partial charge on any atom is -0.508 e. The van der Waals surface area contributed by atoms with E-state index in [-0.39, 0.29) is 49.7 Å². The highest BCUT2D eigenvalue weighted by Gasteiger charge is 2.43. The van der Waals surface area contributed by atoms with Gasteiger partial charge in [-0.15, -0.1) is 6.58 Å². The molecular weight excluding hydrogens is 560 g/mol. The first-order valence-corrected chi connectivity index (χ1v) is 14.5. The van der Waals surface area contributed by atoms with E-state index in [4.69, 9.17) is 5.73 Å². The van der Waals surface area contributed by atoms with Crippen molar-refractivity contribution in [2.75, 3.05) is 33.2 Å². The minimum absolute atomic E-state index is 0.0508. The van der Waals surface area contributed by atoms with E-state index in [1.807, 2.05) is 48.6 Å². The summed E-state index contributed by atoms with van der Waals surface area (Å²) in [6.07, 6.45) is 6.48. The fraction of sp³-hybridized carbons (Fsp3) is 0.312. The number of amides is 4. The lowest BCUT2D eigenvalue weighted by atomic mass is 9.97. The van der Waals surface area contributed by atoms with Crippen LogP contribution >= 0.6 is 0 Å². The van der Waals surface area contributed by atoms with Crippen molar-refractivity contribution in [2.45, 2.75) is 31.2 Å². The predicted octanol–water partition coefficient (Wildman–Crippen LogP) is 0.974. The van der Waals surface area contributed by atoms with Gasteiger partial charge in [0.15, 0.2) is 0 Å². The molecule has 0 saturated carbocycles. The molecule has 4 amide bonds. The number of nitrogens with zero attached hydrogens (tertiary/aromatic N) is 3. The number of hydrogen-bond acceptors (Lipinski definition) is 8. The molecule has 0 bridgehead atoms. The Balaban J connectivity index is 1.64. The summed E-state index contributed by atoms with van der Waals surface area (Å²) in [6, 6.07) is 14.2. The maximum atomic E-state index is 14.1. The topological polar surface area (TPSA) is 164 Å². The monoisotopic (exact) mass is 600 g/mol. The van der Waals surface area contributed by atoms with Crippen LogP contribution in [0.1, 0.15) is 11.1 Å². The van der Waals surface area contributed by atoms with E-state index < -0.39 is 18.2 Å². The number of rotatable bonds is 12. The van der Waals surface area contributed by atoms with Gasteiger partial charge in [0.2, 0.25) is 11.8 Å². The molecule has 7 N–H and O–H groups in total. The van der Waals surface area contributed by atoms with Gasteiger partial charge in [-0.25, -0.2) is 4.79 Å². The SMILES string of the molecule is C=CCNCC(=O)N1C(NC(=O)NCc2ccccc2)CN(CC2=C/C(=N/NC)C(N)C=C2)C(=O)C1Cc1ccc(O)cc1. The molecule has 232 valence electrons. The number of hydrogen-bond donors (Lipinski definition) is 6. The van der Waals surface area contributed by atoms with Crippen molar-refractivity contribution in [2.24, 2.45) is 10.8 Å². The number of phenols is 1. The molecule has 44 heavy (non-hydrogen) atoms. The van der Waals surface area contributed by atoms with Crippen LogP contribution in [-0.2, 0) is 22.6 Å². The smallest absolute Gasteiger partial charge is 0.316 e. The van der Waals surface area contributed by atoms with Gasteiger partial charge in [-0.2, -0.15) is 5.10 Å². The lowest BCUT2D eigenvalue weighted by Gasteiger charge is -2.46. The molecule has 12 nitrogen and oxygen atoms in total. The highest BCUT2D eigenvalue weighted by molar-refractivity contribution is 6.02. The first-order chi connectivity index (χ1) is 21.3. The quantitative estimate of drug-likeness (QED) is 0.120. The molecule has 1 aliphatic heterocycles. The Kier molecular flexibility index (Phi) is 11.3. The maximum Gasteiger partial charge on any atom is 0.316 e. The van der Waals surface area contributed by atoms with Crippen LogP contribution in [0, 0.1) is 0 Å². The van der Waals surface area contributed by atoms with Gasteiger partial charge in [0.05, 0.1) is 24.8 Å². The Labute approximate surface area is 257 Å². The molecule has 4 rings (SSSR count). The molecule has 2 aromatic rings. The van der Waals surface area contributed by atoms with Crippen molar-refractivity contribution < 1.29 is 19.5 Å². The summed E-state index contributed by atoms with van der Waals surface area (Å²) in [5.41, 5.74) is 12.0. The summed E-state index contributed by atoms with van der Waals surface area (Å²) >= 11 is 0. The molecule has 1 saturated heterocycles. The Bertz CT molecular complexity index is 1410. The Morgan fingerprint density at radius 3 is 2.59 bits per heavy atom. The summed E-state index contributed by atoms with van der Waals surface area (Å²) in [5.74, 6) is -0.521. The molecule has 0 radical (unpaired) electrons. The third-order valence-electron chi connectivity index (χ3n) is 7.28. The van der Waals surface area contributed by atoms with E-state index in [1.54, 1.807) is 30.2 Å². The van der Waals surface area contributed by atoms with Gasteiger partial charge in [-0.3, -0.25) is 9.59 Å². The predicted molar refractivity (Wildman–Crippen MR) is 169 cm³/mol. The van der Waals surface area contributed by atoms with Gasteiger partial charge < -0.3 is 42.0 Å². The van der Waals surface area contributed by atoms with Crippen LogP contribution in [0.2, 0.25) is 0 Å². The second-order valence-electron chi connectivity index (χ2n) is 10.5. The first kappa shape index (κ1) is 32.0. The standard InChI is InChI=1S/C32H40N8O4/c1-3-15-35-19-30(42)40-28(17-22-9-12-25(41)13-10-22)31(43)39(20-24-11-14-26(33)27(16-24)38-34-2)21-29(40)37-32(44)36-18-23-7-5-4-6-8-23/h3-14,16,26,28-29,34-35,41H,1,15,17-21,33H2,2H3,(H2,36,37,44)/b38-27-. The summed E-state index contributed by atoms with van der Waals surface area (Å²) in [4.78, 5) is 44.1. The zero-order chi connectivity index (χ0) is 31.5. The molecule has 2 aliphatic rings. The zero-order valence-corrected chi connectivity index (χ0v) is 24.8. The van der Waals surface area contributed by atoms with Crippen LogP contribution in [0.15, 0.2) is 96.2 Å². The second kappa shape index (κ2) is 15.5. The number of benzene rings is 2. The molecule has 3 unspecified atom stereocenters. The van der Waals surface area contributed by atoms with E-state index >= 15 is 0 Å². The Morgan fingerprint density at radius 2 is 1.89 bits per heavy atom. The largest absolute Gasteiger partial charge is 0.508 e. The molecule has 12 heteroatoms. The molecular formula is C32H40N8O4. The van der Waals surface area contributed by atoms with Crippen LogP contribution in [0.4, 0.5) is 4.79 Å². The minimum atomic E-state index is -0.924. The van der Waals surface area contributed by atoms with Crippen molar-refractivity contribution in [1.82, 2.24) is 31.2 Å². The Morgan fingerprint density at radius 1 is 1.14 bits per heavy atom. The van der Waals surface area contributed by atoms with E-state index in [9.17, 15) is 19.5 Å². The van der Waals surface area contributed by atoms with E-state index in [0.717, 1.165) is 16.7 Å². The first-order valence-electron chi connectivity index (χ1n) is 14.5. The molecule has 2 aromatic carbocycles. The molecule has 3 atom stereocenters. The number of piperazine rings is 1. The van der Waals surface area contributed by atoms with Gasteiger partial charge >= 0.3 is 6.03 Å². The maximum absolute atomic E-state index is 14.1. The number of aromatic hydroxyl groups is 1. The lowest BCUT2D eigenvalue weighted by Crippen LogP contribution is -2.70. The summed E-state index contributed by atoms with van der Waals surface area (Å²) in [6.45, 7) is 4.60. The highest BCUT2D eigenvalue weighted by atomic mass is 16.3. The highest BCUT2D eigenvalue weighted by Crippen LogP contribution is 2.23. The van der Waals surface area contributed by atoms with Crippen LogP contribution in [-0.4, -0.2) is 89.9 Å². The van der Waals surface area contributed by atoms with Gasteiger partial charge in [0, 0.05) is 33.1 Å². The molecule has 0 aromatic heterocycles. The van der Waals surface area contributed by atoms with Crippen molar-refractivity contribution in [3.63, 3.8) is 0 Å².